The Morgan fingerprint density at radius 3 is 2.73 bits per heavy atom. The summed E-state index contributed by atoms with van der Waals surface area (Å²) in [6, 6.07) is 5.02. The van der Waals surface area contributed by atoms with Crippen LogP contribution in [0.15, 0.2) is 12.3 Å². The summed E-state index contributed by atoms with van der Waals surface area (Å²) in [7, 11) is 3.72. The number of rotatable bonds is 5. The van der Waals surface area contributed by atoms with Crippen LogP contribution in [0.1, 0.15) is 24.8 Å². The standard InChI is InChI=1S/C19H29N5O2/c1-22-8-4-15(5-9-22)24-11-10-23(14-16(24)6-12-25)18-3-7-21-19(26-2)17(18)13-20/h3,7,15-16,25H,4-6,8-12,14H2,1-2H3. The molecule has 0 aromatic carbocycles. The summed E-state index contributed by atoms with van der Waals surface area (Å²) in [5, 5.41) is 19.1. The molecule has 0 amide bonds. The molecule has 1 N–H and O–H groups in total. The van der Waals surface area contributed by atoms with Gasteiger partial charge in [-0.2, -0.15) is 5.26 Å². The first-order valence-corrected chi connectivity index (χ1v) is 9.41. The molecule has 7 heteroatoms. The van der Waals surface area contributed by atoms with Crippen molar-refractivity contribution in [1.82, 2.24) is 14.8 Å². The van der Waals surface area contributed by atoms with Gasteiger partial charge in [0.1, 0.15) is 11.6 Å². The molecule has 0 radical (unpaired) electrons. The first-order chi connectivity index (χ1) is 12.7. The van der Waals surface area contributed by atoms with Crippen molar-refractivity contribution < 1.29 is 9.84 Å². The fourth-order valence-electron chi connectivity index (χ4n) is 4.26. The van der Waals surface area contributed by atoms with E-state index in [0.717, 1.165) is 44.8 Å². The number of likely N-dealkylation sites (tertiary alicyclic amines) is 1. The van der Waals surface area contributed by atoms with E-state index in [1.165, 1.54) is 12.8 Å². The highest BCUT2D eigenvalue weighted by Gasteiger charge is 2.34. The molecule has 142 valence electrons. The lowest BCUT2D eigenvalue weighted by atomic mass is 9.98. The number of aliphatic hydroxyl groups excluding tert-OH is 1. The summed E-state index contributed by atoms with van der Waals surface area (Å²) in [5.41, 5.74) is 1.37. The van der Waals surface area contributed by atoms with Crippen LogP contribution in [0.3, 0.4) is 0 Å². The lowest BCUT2D eigenvalue weighted by Gasteiger charge is -2.48. The molecule has 7 nitrogen and oxygen atoms in total. The number of piperazine rings is 1. The number of anilines is 1. The number of nitrogens with zero attached hydrogens (tertiary/aromatic N) is 5. The molecule has 0 aliphatic carbocycles. The van der Waals surface area contributed by atoms with Crippen LogP contribution in [-0.2, 0) is 0 Å². The Morgan fingerprint density at radius 2 is 2.08 bits per heavy atom. The van der Waals surface area contributed by atoms with Crippen LogP contribution in [0.25, 0.3) is 0 Å². The van der Waals surface area contributed by atoms with Crippen molar-refractivity contribution in [2.75, 3.05) is 58.4 Å². The Morgan fingerprint density at radius 1 is 1.31 bits per heavy atom. The van der Waals surface area contributed by atoms with E-state index in [0.29, 0.717) is 23.5 Å². The summed E-state index contributed by atoms with van der Waals surface area (Å²) in [6.45, 7) is 5.10. The number of aliphatic hydroxyl groups is 1. The van der Waals surface area contributed by atoms with Crippen LogP contribution >= 0.6 is 0 Å². The lowest BCUT2D eigenvalue weighted by molar-refractivity contribution is 0.0598. The minimum absolute atomic E-state index is 0.187. The molecular formula is C19H29N5O2. The maximum atomic E-state index is 9.58. The van der Waals surface area contributed by atoms with Crippen LogP contribution in [0, 0.1) is 11.3 Å². The average molecular weight is 359 g/mol. The topological polar surface area (TPSA) is 75.9 Å². The Bertz CT molecular complexity index is 639. The van der Waals surface area contributed by atoms with Gasteiger partial charge in [-0.3, -0.25) is 4.90 Å². The third-order valence-electron chi connectivity index (χ3n) is 5.69. The fraction of sp³-hybridized carbons (Fsp3) is 0.684. The number of pyridine rings is 1. The SMILES string of the molecule is COc1nccc(N2CCN(C3CCN(C)CC3)C(CCO)C2)c1C#N. The van der Waals surface area contributed by atoms with Gasteiger partial charge in [0.25, 0.3) is 0 Å². The maximum absolute atomic E-state index is 9.58. The summed E-state index contributed by atoms with van der Waals surface area (Å²) in [6.07, 6.45) is 4.82. The molecule has 3 heterocycles. The highest BCUT2D eigenvalue weighted by Crippen LogP contribution is 2.30. The molecule has 0 spiro atoms. The molecule has 1 aromatic rings. The smallest absolute Gasteiger partial charge is 0.233 e. The first-order valence-electron chi connectivity index (χ1n) is 9.41. The third kappa shape index (κ3) is 3.93. The van der Waals surface area contributed by atoms with Gasteiger partial charge in [0.05, 0.1) is 12.8 Å². The van der Waals surface area contributed by atoms with Crippen molar-refractivity contribution in [2.45, 2.75) is 31.3 Å². The van der Waals surface area contributed by atoms with Crippen LogP contribution < -0.4 is 9.64 Å². The molecule has 0 bridgehead atoms. The van der Waals surface area contributed by atoms with Crippen LogP contribution in [0.5, 0.6) is 5.88 Å². The zero-order valence-electron chi connectivity index (χ0n) is 15.8. The lowest BCUT2D eigenvalue weighted by Crippen LogP contribution is -2.58. The van der Waals surface area contributed by atoms with Gasteiger partial charge in [0, 0.05) is 44.5 Å². The van der Waals surface area contributed by atoms with Crippen molar-refractivity contribution in [2.24, 2.45) is 0 Å². The number of piperidine rings is 1. The average Bonchev–Trinajstić information content (AvgIpc) is 2.68. The molecule has 0 saturated carbocycles. The molecule has 26 heavy (non-hydrogen) atoms. The Kier molecular flexibility index (Phi) is 6.30. The van der Waals surface area contributed by atoms with E-state index in [9.17, 15) is 10.4 Å². The summed E-state index contributed by atoms with van der Waals surface area (Å²) in [5.74, 6) is 0.376. The Balaban J connectivity index is 1.77. The van der Waals surface area contributed by atoms with Crippen molar-refractivity contribution in [1.29, 1.82) is 5.26 Å². The highest BCUT2D eigenvalue weighted by molar-refractivity contribution is 5.63. The van der Waals surface area contributed by atoms with Crippen molar-refractivity contribution in [3.05, 3.63) is 17.8 Å². The second kappa shape index (κ2) is 8.67. The number of aromatic nitrogens is 1. The number of nitriles is 1. The fourth-order valence-corrected chi connectivity index (χ4v) is 4.26. The normalized spacial score (nSPS) is 23.0. The molecule has 2 aliphatic heterocycles. The quantitative estimate of drug-likeness (QED) is 0.838. The monoisotopic (exact) mass is 359 g/mol. The van der Waals surface area contributed by atoms with Crippen LogP contribution in [0.2, 0.25) is 0 Å². The third-order valence-corrected chi connectivity index (χ3v) is 5.69. The number of hydrogen-bond acceptors (Lipinski definition) is 7. The first kappa shape index (κ1) is 18.9. The van der Waals surface area contributed by atoms with E-state index in [-0.39, 0.29) is 6.61 Å². The predicted molar refractivity (Wildman–Crippen MR) is 100 cm³/mol. The molecule has 1 unspecified atom stereocenters. The van der Waals surface area contributed by atoms with Gasteiger partial charge in [-0.1, -0.05) is 0 Å². The van der Waals surface area contributed by atoms with E-state index < -0.39 is 0 Å². The highest BCUT2D eigenvalue weighted by atomic mass is 16.5. The maximum Gasteiger partial charge on any atom is 0.233 e. The molecule has 2 fully saturated rings. The van der Waals surface area contributed by atoms with Crippen molar-refractivity contribution in [3.63, 3.8) is 0 Å². The Hall–Kier alpha value is -1.88. The molecule has 3 rings (SSSR count). The second-order valence-corrected chi connectivity index (χ2v) is 7.21. The number of ether oxygens (including phenoxy) is 1. The van der Waals surface area contributed by atoms with Gasteiger partial charge in [-0.25, -0.2) is 4.98 Å². The molecule has 2 aliphatic rings. The summed E-state index contributed by atoms with van der Waals surface area (Å²) in [4.78, 5) is 11.4. The summed E-state index contributed by atoms with van der Waals surface area (Å²) < 4.78 is 5.25. The zero-order valence-corrected chi connectivity index (χ0v) is 15.8. The minimum atomic E-state index is 0.187. The van der Waals surface area contributed by atoms with E-state index in [1.54, 1.807) is 13.3 Å². The van der Waals surface area contributed by atoms with Crippen molar-refractivity contribution in [3.8, 4) is 11.9 Å². The van der Waals surface area contributed by atoms with Gasteiger partial charge in [-0.05, 0) is 45.5 Å². The minimum Gasteiger partial charge on any atom is -0.480 e. The van der Waals surface area contributed by atoms with E-state index >= 15 is 0 Å². The van der Waals surface area contributed by atoms with Crippen molar-refractivity contribution >= 4 is 5.69 Å². The Labute approximate surface area is 155 Å². The van der Waals surface area contributed by atoms with Gasteiger partial charge in [0.15, 0.2) is 0 Å². The predicted octanol–water partition coefficient (Wildman–Crippen LogP) is 0.929. The van der Waals surface area contributed by atoms with E-state index in [4.69, 9.17) is 4.74 Å². The molecule has 1 atom stereocenters. The van der Waals surface area contributed by atoms with E-state index in [1.807, 2.05) is 6.07 Å². The number of hydrogen-bond donors (Lipinski definition) is 1. The zero-order chi connectivity index (χ0) is 18.5. The van der Waals surface area contributed by atoms with E-state index in [2.05, 4.69) is 32.8 Å². The molecule has 2 saturated heterocycles. The second-order valence-electron chi connectivity index (χ2n) is 7.21. The number of methoxy groups -OCH3 is 1. The molecule has 1 aromatic heterocycles. The van der Waals surface area contributed by atoms with Crippen LogP contribution in [0.4, 0.5) is 5.69 Å². The summed E-state index contributed by atoms with van der Waals surface area (Å²) >= 11 is 0. The van der Waals surface area contributed by atoms with Gasteiger partial charge in [0.2, 0.25) is 5.88 Å². The van der Waals surface area contributed by atoms with Gasteiger partial charge < -0.3 is 19.6 Å². The van der Waals surface area contributed by atoms with Crippen LogP contribution in [-0.4, -0.2) is 85.5 Å². The van der Waals surface area contributed by atoms with Gasteiger partial charge in [-0.15, -0.1) is 0 Å². The van der Waals surface area contributed by atoms with Gasteiger partial charge >= 0.3 is 0 Å². The largest absolute Gasteiger partial charge is 0.480 e. The molecular weight excluding hydrogens is 330 g/mol.